The molecule has 0 aliphatic heterocycles. The first-order valence-corrected chi connectivity index (χ1v) is 6.73. The molecule has 1 amide bonds. The largest absolute Gasteiger partial charge is 0.396 e. The van der Waals surface area contributed by atoms with Crippen molar-refractivity contribution >= 4 is 34.8 Å². The first-order valence-electron chi connectivity index (χ1n) is 5.97. The van der Waals surface area contributed by atoms with Crippen LogP contribution >= 0.6 is 23.2 Å². The maximum atomic E-state index is 12.2. The molecule has 0 atom stereocenters. The molecular weight excluding hydrogens is 285 g/mol. The normalized spacial score (nSPS) is 10.8. The number of hydrogen-bond acceptors (Lipinski definition) is 3. The summed E-state index contributed by atoms with van der Waals surface area (Å²) in [5.74, 6) is -0.109. The van der Waals surface area contributed by atoms with Crippen LogP contribution in [0.2, 0.25) is 10.0 Å². The van der Waals surface area contributed by atoms with E-state index in [0.29, 0.717) is 27.8 Å². The molecule has 0 fully saturated rings. The number of halogens is 2. The lowest BCUT2D eigenvalue weighted by atomic mass is 10.2. The van der Waals surface area contributed by atoms with Crippen molar-refractivity contribution in [2.24, 2.45) is 0 Å². The second-order valence-electron chi connectivity index (χ2n) is 4.74. The summed E-state index contributed by atoms with van der Waals surface area (Å²) in [6, 6.07) is 3.10. The molecule has 1 aromatic carbocycles. The van der Waals surface area contributed by atoms with Gasteiger partial charge in [-0.05, 0) is 39.2 Å². The Balaban J connectivity index is 2.72. The Kier molecular flexibility index (Phi) is 5.91. The van der Waals surface area contributed by atoms with E-state index < -0.39 is 0 Å². The molecule has 0 aromatic heterocycles. The van der Waals surface area contributed by atoms with Crippen molar-refractivity contribution in [3.05, 3.63) is 27.7 Å². The number of amides is 1. The summed E-state index contributed by atoms with van der Waals surface area (Å²) in [4.78, 5) is 15.9. The van der Waals surface area contributed by atoms with Crippen LogP contribution in [0.15, 0.2) is 12.1 Å². The van der Waals surface area contributed by atoms with Crippen LogP contribution in [0.4, 0.5) is 5.69 Å². The quantitative estimate of drug-likeness (QED) is 0.851. The Morgan fingerprint density at radius 3 is 2.16 bits per heavy atom. The minimum atomic E-state index is -0.109. The number of nitrogens with zero attached hydrogens (tertiary/aromatic N) is 2. The zero-order valence-electron chi connectivity index (χ0n) is 11.4. The average molecular weight is 304 g/mol. The third-order valence-electron chi connectivity index (χ3n) is 2.77. The van der Waals surface area contributed by atoms with Gasteiger partial charge in [0.05, 0.1) is 15.7 Å². The summed E-state index contributed by atoms with van der Waals surface area (Å²) >= 11 is 11.9. The number of anilines is 1. The van der Waals surface area contributed by atoms with Crippen LogP contribution in [0.25, 0.3) is 0 Å². The lowest BCUT2D eigenvalue weighted by Gasteiger charge is -2.19. The van der Waals surface area contributed by atoms with E-state index in [9.17, 15) is 4.79 Å². The van der Waals surface area contributed by atoms with Crippen LogP contribution in [-0.4, -0.2) is 49.9 Å². The highest BCUT2D eigenvalue weighted by Crippen LogP contribution is 2.29. The molecule has 0 unspecified atom stereocenters. The number of carbonyl (C=O) groups is 1. The van der Waals surface area contributed by atoms with Gasteiger partial charge in [-0.25, -0.2) is 0 Å². The molecule has 0 spiro atoms. The van der Waals surface area contributed by atoms with E-state index in [1.165, 1.54) is 0 Å². The molecule has 2 N–H and O–H groups in total. The van der Waals surface area contributed by atoms with Crippen LogP contribution < -0.4 is 5.73 Å². The van der Waals surface area contributed by atoms with Gasteiger partial charge in [0.25, 0.3) is 5.91 Å². The first-order chi connectivity index (χ1) is 8.82. The molecule has 0 saturated carbocycles. The molecule has 0 bridgehead atoms. The van der Waals surface area contributed by atoms with Crippen LogP contribution in [-0.2, 0) is 0 Å². The zero-order valence-corrected chi connectivity index (χ0v) is 12.9. The minimum Gasteiger partial charge on any atom is -0.396 e. The van der Waals surface area contributed by atoms with Gasteiger partial charge in [0.2, 0.25) is 0 Å². The van der Waals surface area contributed by atoms with E-state index in [4.69, 9.17) is 28.9 Å². The van der Waals surface area contributed by atoms with E-state index in [2.05, 4.69) is 4.90 Å². The van der Waals surface area contributed by atoms with Gasteiger partial charge in [-0.2, -0.15) is 0 Å². The standard InChI is InChI=1S/C13H19Cl2N3O/c1-17(2)5-4-6-18(3)13(19)9-7-10(14)12(16)11(15)8-9/h7-8H,4-6,16H2,1-3H3. The molecule has 4 nitrogen and oxygen atoms in total. The van der Waals surface area contributed by atoms with Gasteiger partial charge in [0.1, 0.15) is 0 Å². The minimum absolute atomic E-state index is 0.109. The van der Waals surface area contributed by atoms with Gasteiger partial charge in [-0.3, -0.25) is 4.79 Å². The van der Waals surface area contributed by atoms with Gasteiger partial charge >= 0.3 is 0 Å². The molecule has 19 heavy (non-hydrogen) atoms. The van der Waals surface area contributed by atoms with Crippen LogP contribution in [0, 0.1) is 0 Å². The van der Waals surface area contributed by atoms with E-state index in [1.807, 2.05) is 14.1 Å². The fraction of sp³-hybridized carbons (Fsp3) is 0.462. The molecule has 1 aromatic rings. The Morgan fingerprint density at radius 1 is 1.16 bits per heavy atom. The third-order valence-corrected chi connectivity index (χ3v) is 3.40. The monoisotopic (exact) mass is 303 g/mol. The number of benzene rings is 1. The molecular formula is C13H19Cl2N3O. The molecule has 0 aliphatic carbocycles. The van der Waals surface area contributed by atoms with Gasteiger partial charge in [-0.1, -0.05) is 23.2 Å². The summed E-state index contributed by atoms with van der Waals surface area (Å²) in [6.45, 7) is 1.61. The Bertz CT molecular complexity index is 440. The highest BCUT2D eigenvalue weighted by Gasteiger charge is 2.14. The summed E-state index contributed by atoms with van der Waals surface area (Å²) in [5, 5.41) is 0.607. The van der Waals surface area contributed by atoms with E-state index in [1.54, 1.807) is 24.1 Å². The van der Waals surface area contributed by atoms with Crippen LogP contribution in [0.5, 0.6) is 0 Å². The summed E-state index contributed by atoms with van der Waals surface area (Å²) in [5.41, 5.74) is 6.40. The molecule has 106 valence electrons. The van der Waals surface area contributed by atoms with Crippen molar-refractivity contribution in [1.29, 1.82) is 0 Å². The number of carbonyl (C=O) groups excluding carboxylic acids is 1. The molecule has 6 heteroatoms. The molecule has 0 saturated heterocycles. The fourth-order valence-corrected chi connectivity index (χ4v) is 2.14. The Labute approximate surface area is 124 Å². The molecule has 1 rings (SSSR count). The van der Waals surface area contributed by atoms with Gasteiger partial charge in [0.15, 0.2) is 0 Å². The number of nitrogen functional groups attached to an aromatic ring is 1. The predicted octanol–water partition coefficient (Wildman–Crippen LogP) is 2.60. The maximum absolute atomic E-state index is 12.2. The van der Waals surface area contributed by atoms with Crippen molar-refractivity contribution in [3.8, 4) is 0 Å². The van der Waals surface area contributed by atoms with Crippen molar-refractivity contribution in [1.82, 2.24) is 9.80 Å². The van der Waals surface area contributed by atoms with Gasteiger partial charge in [-0.15, -0.1) is 0 Å². The smallest absolute Gasteiger partial charge is 0.253 e. The fourth-order valence-electron chi connectivity index (χ4n) is 1.65. The van der Waals surface area contributed by atoms with E-state index >= 15 is 0 Å². The Morgan fingerprint density at radius 2 is 1.68 bits per heavy atom. The van der Waals surface area contributed by atoms with Crippen molar-refractivity contribution in [3.63, 3.8) is 0 Å². The highest BCUT2D eigenvalue weighted by molar-refractivity contribution is 6.39. The number of rotatable bonds is 5. The molecule has 0 heterocycles. The van der Waals surface area contributed by atoms with Crippen LogP contribution in [0.3, 0.4) is 0 Å². The molecule has 0 radical (unpaired) electrons. The summed E-state index contributed by atoms with van der Waals surface area (Å²) in [6.07, 6.45) is 0.908. The first kappa shape index (κ1) is 16.1. The van der Waals surface area contributed by atoms with E-state index in [-0.39, 0.29) is 5.91 Å². The Hall–Kier alpha value is -0.970. The van der Waals surface area contributed by atoms with E-state index in [0.717, 1.165) is 13.0 Å². The summed E-state index contributed by atoms with van der Waals surface area (Å²) in [7, 11) is 5.76. The lowest BCUT2D eigenvalue weighted by Crippen LogP contribution is -2.29. The van der Waals surface area contributed by atoms with Crippen molar-refractivity contribution < 1.29 is 4.79 Å². The van der Waals surface area contributed by atoms with Crippen molar-refractivity contribution in [2.75, 3.05) is 40.0 Å². The second kappa shape index (κ2) is 6.98. The third kappa shape index (κ3) is 4.56. The zero-order chi connectivity index (χ0) is 14.6. The lowest BCUT2D eigenvalue weighted by molar-refractivity contribution is 0.0790. The number of nitrogens with two attached hydrogens (primary N) is 1. The number of hydrogen-bond donors (Lipinski definition) is 1. The molecule has 0 aliphatic rings. The topological polar surface area (TPSA) is 49.6 Å². The van der Waals surface area contributed by atoms with Gasteiger partial charge < -0.3 is 15.5 Å². The predicted molar refractivity (Wildman–Crippen MR) is 81.0 cm³/mol. The highest BCUT2D eigenvalue weighted by atomic mass is 35.5. The van der Waals surface area contributed by atoms with Crippen LogP contribution in [0.1, 0.15) is 16.8 Å². The van der Waals surface area contributed by atoms with Crippen molar-refractivity contribution in [2.45, 2.75) is 6.42 Å². The maximum Gasteiger partial charge on any atom is 0.253 e. The average Bonchev–Trinajstić information content (AvgIpc) is 2.33. The SMILES string of the molecule is CN(C)CCCN(C)C(=O)c1cc(Cl)c(N)c(Cl)c1. The van der Waals surface area contributed by atoms with Gasteiger partial charge in [0, 0.05) is 19.2 Å². The summed E-state index contributed by atoms with van der Waals surface area (Å²) < 4.78 is 0. The second-order valence-corrected chi connectivity index (χ2v) is 5.55.